The van der Waals surface area contributed by atoms with E-state index in [4.69, 9.17) is 11.6 Å². The highest BCUT2D eigenvalue weighted by Gasteiger charge is 2.24. The van der Waals surface area contributed by atoms with Crippen LogP contribution in [-0.2, 0) is 0 Å². The molecule has 0 saturated carbocycles. The van der Waals surface area contributed by atoms with E-state index in [0.29, 0.717) is 16.6 Å². The lowest BCUT2D eigenvalue weighted by molar-refractivity contribution is 0.0698. The maximum atomic E-state index is 12.3. The van der Waals surface area contributed by atoms with Gasteiger partial charge in [-0.1, -0.05) is 11.6 Å². The summed E-state index contributed by atoms with van der Waals surface area (Å²) >= 11 is 5.98. The van der Waals surface area contributed by atoms with Crippen LogP contribution in [0.1, 0.15) is 23.2 Å². The van der Waals surface area contributed by atoms with Gasteiger partial charge in [-0.05, 0) is 26.0 Å². The number of piperidine rings is 1. The van der Waals surface area contributed by atoms with Gasteiger partial charge in [-0.3, -0.25) is 9.78 Å². The molecule has 0 spiro atoms. The fourth-order valence-electron chi connectivity index (χ4n) is 2.12. The molecule has 1 N–H and O–H groups in total. The number of hydrogen-bond acceptors (Lipinski definition) is 3. The Bertz CT molecular complexity index is 417. The van der Waals surface area contributed by atoms with Crippen LogP contribution in [0.4, 0.5) is 0 Å². The molecule has 1 atom stereocenters. The van der Waals surface area contributed by atoms with E-state index in [1.807, 2.05) is 11.9 Å². The molecule has 1 amide bonds. The Hall–Kier alpha value is -0.550. The number of aromatic nitrogens is 1. The van der Waals surface area contributed by atoms with E-state index >= 15 is 0 Å². The van der Waals surface area contributed by atoms with Gasteiger partial charge < -0.3 is 10.2 Å². The van der Waals surface area contributed by atoms with Crippen molar-refractivity contribution in [2.45, 2.75) is 18.9 Å². The molecule has 19 heavy (non-hydrogen) atoms. The Morgan fingerprint density at radius 3 is 2.89 bits per heavy atom. The zero-order valence-electron chi connectivity index (χ0n) is 10.6. The van der Waals surface area contributed by atoms with Crippen molar-refractivity contribution >= 4 is 42.3 Å². The Labute approximate surface area is 130 Å². The average Bonchev–Trinajstić information content (AvgIpc) is 2.38. The maximum absolute atomic E-state index is 12.3. The number of rotatable bonds is 2. The topological polar surface area (TPSA) is 45.2 Å². The highest BCUT2D eigenvalue weighted by Crippen LogP contribution is 2.18. The predicted octanol–water partition coefficient (Wildman–Crippen LogP) is 2.40. The predicted molar refractivity (Wildman–Crippen MR) is 81.7 cm³/mol. The molecule has 1 aromatic heterocycles. The summed E-state index contributed by atoms with van der Waals surface area (Å²) in [4.78, 5) is 18.0. The van der Waals surface area contributed by atoms with Gasteiger partial charge in [0.15, 0.2) is 0 Å². The number of hydrogen-bond donors (Lipinski definition) is 1. The Morgan fingerprint density at radius 2 is 2.26 bits per heavy atom. The van der Waals surface area contributed by atoms with Crippen molar-refractivity contribution in [3.63, 3.8) is 0 Å². The molecule has 2 heterocycles. The maximum Gasteiger partial charge on any atom is 0.255 e. The molecule has 7 heteroatoms. The first-order valence-corrected chi connectivity index (χ1v) is 6.16. The summed E-state index contributed by atoms with van der Waals surface area (Å²) in [7, 11) is 1.93. The first kappa shape index (κ1) is 18.4. The first-order valence-electron chi connectivity index (χ1n) is 5.78. The van der Waals surface area contributed by atoms with E-state index in [1.165, 1.54) is 6.20 Å². The molecule has 1 fully saturated rings. The van der Waals surface area contributed by atoms with E-state index in [2.05, 4.69) is 10.3 Å². The third-order valence-corrected chi connectivity index (χ3v) is 3.42. The van der Waals surface area contributed by atoms with Crippen molar-refractivity contribution in [2.24, 2.45) is 0 Å². The van der Waals surface area contributed by atoms with E-state index < -0.39 is 0 Å². The zero-order chi connectivity index (χ0) is 12.3. The summed E-state index contributed by atoms with van der Waals surface area (Å²) in [6.07, 6.45) is 5.25. The fourth-order valence-corrected chi connectivity index (χ4v) is 2.32. The molecule has 4 nitrogen and oxygen atoms in total. The highest BCUT2D eigenvalue weighted by molar-refractivity contribution is 6.33. The molecule has 1 aliphatic heterocycles. The highest BCUT2D eigenvalue weighted by atomic mass is 35.5. The molecular formula is C12H18Cl3N3O. The number of pyridine rings is 1. The molecule has 1 aromatic rings. The standard InChI is InChI=1S/C12H16ClN3O.2ClH/c1-14-9-3-2-6-16(8-9)12(17)10-4-5-15-7-11(10)13;;/h4-5,7,9,14H,2-3,6,8H2,1H3;2*1H. The zero-order valence-corrected chi connectivity index (χ0v) is 13.0. The fraction of sp³-hybridized carbons (Fsp3) is 0.500. The molecule has 0 bridgehead atoms. The number of nitrogens with zero attached hydrogens (tertiary/aromatic N) is 2. The van der Waals surface area contributed by atoms with Crippen LogP contribution in [0.2, 0.25) is 5.02 Å². The van der Waals surface area contributed by atoms with Crippen molar-refractivity contribution in [3.05, 3.63) is 29.0 Å². The van der Waals surface area contributed by atoms with Gasteiger partial charge in [0.25, 0.3) is 5.91 Å². The van der Waals surface area contributed by atoms with Crippen molar-refractivity contribution in [2.75, 3.05) is 20.1 Å². The largest absolute Gasteiger partial charge is 0.337 e. The van der Waals surface area contributed by atoms with Crippen LogP contribution in [0.15, 0.2) is 18.5 Å². The van der Waals surface area contributed by atoms with Crippen molar-refractivity contribution in [1.29, 1.82) is 0 Å². The quantitative estimate of drug-likeness (QED) is 0.908. The third kappa shape index (κ3) is 4.49. The number of amides is 1. The van der Waals surface area contributed by atoms with E-state index in [9.17, 15) is 4.79 Å². The van der Waals surface area contributed by atoms with Crippen LogP contribution >= 0.6 is 36.4 Å². The molecule has 1 aliphatic rings. The number of nitrogens with one attached hydrogen (secondary N) is 1. The van der Waals surface area contributed by atoms with Crippen molar-refractivity contribution in [3.8, 4) is 0 Å². The van der Waals surface area contributed by atoms with Gasteiger partial charge >= 0.3 is 0 Å². The van der Waals surface area contributed by atoms with E-state index in [0.717, 1.165) is 25.9 Å². The van der Waals surface area contributed by atoms with Crippen LogP contribution in [-0.4, -0.2) is 42.0 Å². The monoisotopic (exact) mass is 325 g/mol. The second-order valence-corrected chi connectivity index (χ2v) is 4.64. The number of likely N-dealkylation sites (tertiary alicyclic amines) is 1. The lowest BCUT2D eigenvalue weighted by atomic mass is 10.0. The van der Waals surface area contributed by atoms with Gasteiger partial charge in [0.1, 0.15) is 0 Å². The Morgan fingerprint density at radius 1 is 1.53 bits per heavy atom. The molecule has 1 unspecified atom stereocenters. The van der Waals surface area contributed by atoms with Crippen LogP contribution in [0.25, 0.3) is 0 Å². The number of carbonyl (C=O) groups is 1. The van der Waals surface area contributed by atoms with E-state index in [-0.39, 0.29) is 30.7 Å². The van der Waals surface area contributed by atoms with Gasteiger partial charge in [0.2, 0.25) is 0 Å². The molecule has 2 rings (SSSR count). The minimum Gasteiger partial charge on any atom is -0.337 e. The summed E-state index contributed by atoms with van der Waals surface area (Å²) in [5.41, 5.74) is 0.540. The van der Waals surface area contributed by atoms with Gasteiger partial charge in [0, 0.05) is 31.5 Å². The van der Waals surface area contributed by atoms with Crippen molar-refractivity contribution < 1.29 is 4.79 Å². The minimum atomic E-state index is -0.00245. The average molecular weight is 327 g/mol. The lowest BCUT2D eigenvalue weighted by Gasteiger charge is -2.32. The van der Waals surface area contributed by atoms with Gasteiger partial charge in [-0.15, -0.1) is 24.8 Å². The third-order valence-electron chi connectivity index (χ3n) is 3.12. The second-order valence-electron chi connectivity index (χ2n) is 4.23. The molecular weight excluding hydrogens is 309 g/mol. The molecule has 0 aromatic carbocycles. The number of carbonyl (C=O) groups excluding carboxylic acids is 1. The van der Waals surface area contributed by atoms with Gasteiger partial charge in [-0.2, -0.15) is 0 Å². The van der Waals surface area contributed by atoms with E-state index in [1.54, 1.807) is 12.3 Å². The molecule has 0 radical (unpaired) electrons. The smallest absolute Gasteiger partial charge is 0.255 e. The summed E-state index contributed by atoms with van der Waals surface area (Å²) in [5, 5.41) is 3.64. The number of likely N-dealkylation sites (N-methyl/N-ethyl adjacent to an activating group) is 1. The molecule has 1 saturated heterocycles. The van der Waals surface area contributed by atoms with Crippen molar-refractivity contribution in [1.82, 2.24) is 15.2 Å². The summed E-state index contributed by atoms with van der Waals surface area (Å²) in [6.45, 7) is 1.55. The summed E-state index contributed by atoms with van der Waals surface area (Å²) in [5.74, 6) is -0.00245. The SMILES string of the molecule is CNC1CCCN(C(=O)c2ccncc2Cl)C1.Cl.Cl. The van der Waals surface area contributed by atoms with Gasteiger partial charge in [-0.25, -0.2) is 0 Å². The molecule has 0 aliphatic carbocycles. The number of halogens is 3. The Kier molecular flexibility index (Phi) is 8.34. The van der Waals surface area contributed by atoms with Crippen LogP contribution in [0.5, 0.6) is 0 Å². The first-order chi connectivity index (χ1) is 8.22. The molecule has 108 valence electrons. The lowest BCUT2D eigenvalue weighted by Crippen LogP contribution is -2.47. The van der Waals surface area contributed by atoms with Crippen LogP contribution in [0, 0.1) is 0 Å². The summed E-state index contributed by atoms with van der Waals surface area (Å²) < 4.78 is 0. The minimum absolute atomic E-state index is 0. The van der Waals surface area contributed by atoms with Gasteiger partial charge in [0.05, 0.1) is 10.6 Å². The second kappa shape index (κ2) is 8.59. The van der Waals surface area contributed by atoms with Crippen LogP contribution in [0.3, 0.4) is 0 Å². The van der Waals surface area contributed by atoms with Crippen LogP contribution < -0.4 is 5.32 Å². The normalized spacial score (nSPS) is 18.2. The Balaban J connectivity index is 0.00000162. The summed E-state index contributed by atoms with van der Waals surface area (Å²) in [6, 6.07) is 2.06.